The van der Waals surface area contributed by atoms with Gasteiger partial charge in [0.05, 0.1) is 0 Å². The molecule has 3 aromatic carbocycles. The second-order valence-corrected chi connectivity index (χ2v) is 8.67. The van der Waals surface area contributed by atoms with E-state index in [1.54, 1.807) is 0 Å². The third-order valence-electron chi connectivity index (χ3n) is 6.18. The Kier molecular flexibility index (Phi) is 6.75. The van der Waals surface area contributed by atoms with E-state index in [1.165, 1.54) is 0 Å². The predicted octanol–water partition coefficient (Wildman–Crippen LogP) is 5.95. The van der Waals surface area contributed by atoms with Gasteiger partial charge in [0.1, 0.15) is 29.5 Å². The van der Waals surface area contributed by atoms with Gasteiger partial charge in [0.2, 0.25) is 0 Å². The van der Waals surface area contributed by atoms with Crippen molar-refractivity contribution in [3.05, 3.63) is 87.9 Å². The quantitative estimate of drug-likeness (QED) is 0.459. The molecular weight excluding hydrogens is 422 g/mol. The number of ether oxygens (including phenoxy) is 2. The van der Waals surface area contributed by atoms with E-state index in [0.29, 0.717) is 35.1 Å². The van der Waals surface area contributed by atoms with Crippen molar-refractivity contribution >= 4 is 11.6 Å². The molecule has 32 heavy (non-hydrogen) atoms. The van der Waals surface area contributed by atoms with E-state index in [1.807, 2.05) is 67.6 Å². The van der Waals surface area contributed by atoms with Crippen molar-refractivity contribution in [1.82, 2.24) is 4.90 Å². The molecule has 1 aliphatic rings. The molecule has 0 saturated heterocycles. The Bertz CT molecular complexity index is 1100. The highest BCUT2D eigenvalue weighted by atomic mass is 35.5. The molecule has 4 rings (SSSR count). The maximum Gasteiger partial charge on any atom is 0.137 e. The summed E-state index contributed by atoms with van der Waals surface area (Å²) in [5.41, 5.74) is 2.14. The van der Waals surface area contributed by atoms with Crippen LogP contribution in [0.25, 0.3) is 0 Å². The van der Waals surface area contributed by atoms with Crippen molar-refractivity contribution in [3.8, 4) is 17.2 Å². The van der Waals surface area contributed by atoms with Crippen LogP contribution >= 0.6 is 11.6 Å². The van der Waals surface area contributed by atoms with E-state index >= 15 is 0 Å². The molecule has 3 aromatic rings. The van der Waals surface area contributed by atoms with Crippen LogP contribution in [-0.2, 0) is 12.0 Å². The molecule has 0 spiro atoms. The molecule has 0 bridgehead atoms. The molecule has 1 aliphatic heterocycles. The molecule has 0 aromatic heterocycles. The Morgan fingerprint density at radius 3 is 2.38 bits per heavy atom. The molecule has 0 radical (unpaired) electrons. The van der Waals surface area contributed by atoms with Gasteiger partial charge >= 0.3 is 0 Å². The summed E-state index contributed by atoms with van der Waals surface area (Å²) in [5.74, 6) is 2.00. The van der Waals surface area contributed by atoms with Crippen molar-refractivity contribution < 1.29 is 14.6 Å². The fourth-order valence-electron chi connectivity index (χ4n) is 4.28. The highest BCUT2D eigenvalue weighted by molar-refractivity contribution is 6.31. The Hall–Kier alpha value is -2.53. The maximum atomic E-state index is 12.1. The smallest absolute Gasteiger partial charge is 0.137 e. The first-order valence-corrected chi connectivity index (χ1v) is 11.6. The molecule has 4 nitrogen and oxygen atoms in total. The molecule has 0 aliphatic carbocycles. The maximum absolute atomic E-state index is 12.1. The van der Waals surface area contributed by atoms with E-state index in [0.717, 1.165) is 42.1 Å². The fraction of sp³-hybridized carbons (Fsp3) is 0.333. The van der Waals surface area contributed by atoms with Crippen molar-refractivity contribution in [2.24, 2.45) is 0 Å². The van der Waals surface area contributed by atoms with Gasteiger partial charge in [-0.3, -0.25) is 0 Å². The van der Waals surface area contributed by atoms with Gasteiger partial charge in [-0.25, -0.2) is 0 Å². The zero-order chi connectivity index (χ0) is 22.7. The molecule has 0 saturated carbocycles. The number of halogens is 1. The summed E-state index contributed by atoms with van der Waals surface area (Å²) < 4.78 is 12.2. The molecule has 1 heterocycles. The topological polar surface area (TPSA) is 41.9 Å². The molecule has 5 heteroatoms. The highest BCUT2D eigenvalue weighted by Gasteiger charge is 2.41. The number of hydrogen-bond donors (Lipinski definition) is 1. The van der Waals surface area contributed by atoms with Gasteiger partial charge in [-0.1, -0.05) is 55.8 Å². The van der Waals surface area contributed by atoms with Crippen molar-refractivity contribution in [2.45, 2.75) is 32.8 Å². The summed E-state index contributed by atoms with van der Waals surface area (Å²) >= 11 is 6.45. The summed E-state index contributed by atoms with van der Waals surface area (Å²) in [4.78, 5) is 2.32. The minimum absolute atomic E-state index is 0.348. The van der Waals surface area contributed by atoms with Crippen LogP contribution in [0.5, 0.6) is 17.2 Å². The van der Waals surface area contributed by atoms with Crippen LogP contribution in [0.15, 0.2) is 60.7 Å². The second kappa shape index (κ2) is 9.53. The van der Waals surface area contributed by atoms with E-state index in [-0.39, 0.29) is 0 Å². The van der Waals surface area contributed by atoms with Gasteiger partial charge in [0, 0.05) is 35.2 Å². The molecule has 1 unspecified atom stereocenters. The van der Waals surface area contributed by atoms with Crippen molar-refractivity contribution in [1.29, 1.82) is 0 Å². The summed E-state index contributed by atoms with van der Waals surface area (Å²) in [6.45, 7) is 9.77. The van der Waals surface area contributed by atoms with Gasteiger partial charge in [-0.05, 0) is 55.4 Å². The lowest BCUT2D eigenvalue weighted by atomic mass is 9.78. The Balaban J connectivity index is 1.68. The van der Waals surface area contributed by atoms with Crippen LogP contribution in [-0.4, -0.2) is 36.2 Å². The zero-order valence-corrected chi connectivity index (χ0v) is 19.7. The Morgan fingerprint density at radius 2 is 1.66 bits per heavy atom. The first-order valence-electron chi connectivity index (χ1n) is 11.2. The highest BCUT2D eigenvalue weighted by Crippen LogP contribution is 2.49. The molecule has 1 N–H and O–H groups in total. The third kappa shape index (κ3) is 4.49. The van der Waals surface area contributed by atoms with Gasteiger partial charge in [-0.2, -0.15) is 0 Å². The van der Waals surface area contributed by atoms with Crippen molar-refractivity contribution in [2.75, 3.05) is 26.2 Å². The van der Waals surface area contributed by atoms with E-state index in [9.17, 15) is 5.11 Å². The number of rotatable bonds is 8. The van der Waals surface area contributed by atoms with Crippen LogP contribution in [0.3, 0.4) is 0 Å². The van der Waals surface area contributed by atoms with Gasteiger partial charge in [-0.15, -0.1) is 0 Å². The number of aryl methyl sites for hydroxylation is 1. The number of hydrogen-bond acceptors (Lipinski definition) is 4. The van der Waals surface area contributed by atoms with Crippen LogP contribution in [0, 0.1) is 6.92 Å². The average Bonchev–Trinajstić information content (AvgIpc) is 2.78. The van der Waals surface area contributed by atoms with Crippen LogP contribution in [0.4, 0.5) is 0 Å². The van der Waals surface area contributed by atoms with E-state index < -0.39 is 5.60 Å². The lowest BCUT2D eigenvalue weighted by Crippen LogP contribution is -2.33. The zero-order valence-electron chi connectivity index (χ0n) is 18.9. The van der Waals surface area contributed by atoms with Gasteiger partial charge in [0.15, 0.2) is 0 Å². The largest absolute Gasteiger partial charge is 0.492 e. The predicted molar refractivity (Wildman–Crippen MR) is 129 cm³/mol. The summed E-state index contributed by atoms with van der Waals surface area (Å²) in [5, 5.41) is 12.7. The fourth-order valence-corrected chi connectivity index (χ4v) is 4.48. The minimum atomic E-state index is -1.26. The Labute approximate surface area is 195 Å². The molecule has 1 atom stereocenters. The monoisotopic (exact) mass is 451 g/mol. The molecular formula is C27H30ClNO3. The van der Waals surface area contributed by atoms with E-state index in [2.05, 4.69) is 18.7 Å². The molecule has 0 amide bonds. The number of nitrogens with zero attached hydrogens (tertiary/aromatic N) is 1. The van der Waals surface area contributed by atoms with Gasteiger partial charge < -0.3 is 19.5 Å². The number of benzene rings is 3. The summed E-state index contributed by atoms with van der Waals surface area (Å²) in [6, 6.07) is 19.2. The minimum Gasteiger partial charge on any atom is -0.492 e. The van der Waals surface area contributed by atoms with Crippen molar-refractivity contribution in [3.63, 3.8) is 0 Å². The third-order valence-corrected chi connectivity index (χ3v) is 6.54. The summed E-state index contributed by atoms with van der Waals surface area (Å²) in [6.07, 6.45) is 0.348. The van der Waals surface area contributed by atoms with Crippen LogP contribution < -0.4 is 9.47 Å². The SMILES string of the molecule is CCN(CC)CCOc1ccc2c(c1)Oc1cc(C)ccc1C2(O)Cc1ccccc1Cl. The summed E-state index contributed by atoms with van der Waals surface area (Å²) in [7, 11) is 0. The lowest BCUT2D eigenvalue weighted by molar-refractivity contribution is 0.0697. The first kappa shape index (κ1) is 22.7. The average molecular weight is 452 g/mol. The molecule has 0 fully saturated rings. The van der Waals surface area contributed by atoms with Crippen LogP contribution in [0.1, 0.15) is 36.1 Å². The van der Waals surface area contributed by atoms with Gasteiger partial charge in [0.25, 0.3) is 0 Å². The molecule has 168 valence electrons. The normalized spacial score (nSPS) is 16.9. The first-order chi connectivity index (χ1) is 15.4. The second-order valence-electron chi connectivity index (χ2n) is 8.26. The number of likely N-dealkylation sites (N-methyl/N-ethyl adjacent to an activating group) is 1. The van der Waals surface area contributed by atoms with Crippen LogP contribution in [0.2, 0.25) is 5.02 Å². The van der Waals surface area contributed by atoms with E-state index in [4.69, 9.17) is 21.1 Å². The Morgan fingerprint density at radius 1 is 0.969 bits per heavy atom. The standard InChI is InChI=1S/C27H30ClNO3/c1-4-29(5-2)14-15-31-21-11-13-23-26(17-21)32-25-16-19(3)10-12-22(25)27(23,30)18-20-8-6-7-9-24(20)28/h6-13,16-17,30H,4-5,14-15,18H2,1-3H3. The number of aliphatic hydroxyl groups is 1. The number of fused-ring (bicyclic) bond motifs is 2. The lowest BCUT2D eigenvalue weighted by Gasteiger charge is -2.36.